The van der Waals surface area contributed by atoms with Gasteiger partial charge in [0.15, 0.2) is 0 Å². The Morgan fingerprint density at radius 2 is 1.70 bits per heavy atom. The second kappa shape index (κ2) is 5.94. The van der Waals surface area contributed by atoms with Gasteiger partial charge < -0.3 is 10.4 Å². The molecule has 1 aromatic carbocycles. The Morgan fingerprint density at radius 1 is 1.20 bits per heavy atom. The molecule has 0 spiro atoms. The number of carboxylic acid groups (broad SMARTS) is 1. The third-order valence-corrected chi connectivity index (χ3v) is 2.94. The van der Waals surface area contributed by atoms with E-state index in [0.717, 1.165) is 16.8 Å². The highest BCUT2D eigenvalue weighted by molar-refractivity contribution is 5.92. The summed E-state index contributed by atoms with van der Waals surface area (Å²) in [5.41, 5.74) is 2.13. The van der Waals surface area contributed by atoms with Gasteiger partial charge in [-0.05, 0) is 51.0 Å². The van der Waals surface area contributed by atoms with Crippen LogP contribution in [0.5, 0.6) is 0 Å². The van der Waals surface area contributed by atoms with Gasteiger partial charge in [-0.1, -0.05) is 6.07 Å². The zero-order chi connectivity index (χ0) is 15.5. The van der Waals surface area contributed by atoms with Crippen molar-refractivity contribution < 1.29 is 14.7 Å². The Hall–Kier alpha value is -2.04. The summed E-state index contributed by atoms with van der Waals surface area (Å²) in [5, 5.41) is 11.6. The summed E-state index contributed by atoms with van der Waals surface area (Å²) < 4.78 is 0. The van der Waals surface area contributed by atoms with Crippen LogP contribution in [0.3, 0.4) is 0 Å². The third-order valence-electron chi connectivity index (χ3n) is 2.94. The lowest BCUT2D eigenvalue weighted by molar-refractivity contribution is -0.138. The molecular weight excluding hydrogens is 256 g/mol. The Kier molecular flexibility index (Phi) is 4.76. The highest BCUT2D eigenvalue weighted by Crippen LogP contribution is 2.18. The topological polar surface area (TPSA) is 69.6 Å². The number of carboxylic acids is 1. The number of hydrogen-bond donors (Lipinski definition) is 2. The summed E-state index contributed by atoms with van der Waals surface area (Å²) in [5.74, 6) is -0.940. The number of carbonyl (C=O) groups is 2. The van der Waals surface area contributed by atoms with Crippen molar-refractivity contribution in [2.45, 2.75) is 39.7 Å². The molecule has 5 heteroatoms. The number of amides is 2. The predicted octanol–water partition coefficient (Wildman–Crippen LogP) is 2.70. The molecule has 1 aromatic rings. The minimum absolute atomic E-state index is 0.126. The Labute approximate surface area is 119 Å². The number of aryl methyl sites for hydroxylation is 2. The molecule has 0 aliphatic heterocycles. The van der Waals surface area contributed by atoms with Crippen molar-refractivity contribution >= 4 is 17.7 Å². The van der Waals surface area contributed by atoms with E-state index in [9.17, 15) is 9.59 Å². The van der Waals surface area contributed by atoms with Gasteiger partial charge in [-0.3, -0.25) is 9.69 Å². The van der Waals surface area contributed by atoms with E-state index in [0.29, 0.717) is 0 Å². The molecule has 0 aliphatic rings. The summed E-state index contributed by atoms with van der Waals surface area (Å²) in [4.78, 5) is 24.4. The summed E-state index contributed by atoms with van der Waals surface area (Å²) in [6.07, 6.45) is -0.126. The van der Waals surface area contributed by atoms with Gasteiger partial charge in [0.25, 0.3) is 0 Å². The molecule has 0 radical (unpaired) electrons. The molecule has 0 atom stereocenters. The molecular formula is C15H22N2O3. The van der Waals surface area contributed by atoms with Crippen LogP contribution >= 0.6 is 0 Å². The molecule has 2 amide bonds. The van der Waals surface area contributed by atoms with E-state index in [1.165, 1.54) is 4.90 Å². The summed E-state index contributed by atoms with van der Waals surface area (Å²) in [6, 6.07) is 5.54. The van der Waals surface area contributed by atoms with Gasteiger partial charge >= 0.3 is 12.0 Å². The summed E-state index contributed by atoms with van der Waals surface area (Å²) >= 11 is 0. The smallest absolute Gasteiger partial charge is 0.322 e. The van der Waals surface area contributed by atoms with Crippen LogP contribution in [0, 0.1) is 13.8 Å². The van der Waals surface area contributed by atoms with Crippen molar-refractivity contribution in [2.75, 3.05) is 11.9 Å². The molecule has 110 valence electrons. The van der Waals surface area contributed by atoms with Crippen molar-refractivity contribution in [3.05, 3.63) is 29.3 Å². The van der Waals surface area contributed by atoms with Crippen molar-refractivity contribution in [2.24, 2.45) is 0 Å². The van der Waals surface area contributed by atoms with Gasteiger partial charge in [0, 0.05) is 18.3 Å². The van der Waals surface area contributed by atoms with Crippen LogP contribution in [0.15, 0.2) is 18.2 Å². The Morgan fingerprint density at radius 3 is 2.15 bits per heavy atom. The fourth-order valence-electron chi connectivity index (χ4n) is 2.06. The average molecular weight is 278 g/mol. The van der Waals surface area contributed by atoms with E-state index >= 15 is 0 Å². The maximum absolute atomic E-state index is 12.2. The molecule has 0 bridgehead atoms. The highest BCUT2D eigenvalue weighted by atomic mass is 16.4. The number of urea groups is 1. The van der Waals surface area contributed by atoms with E-state index in [2.05, 4.69) is 5.32 Å². The maximum atomic E-state index is 12.2. The van der Waals surface area contributed by atoms with Crippen LogP contribution in [0.4, 0.5) is 10.5 Å². The monoisotopic (exact) mass is 278 g/mol. The van der Waals surface area contributed by atoms with E-state index in [-0.39, 0.29) is 12.5 Å². The first kappa shape index (κ1) is 16.0. The van der Waals surface area contributed by atoms with Gasteiger partial charge in [0.2, 0.25) is 0 Å². The largest absolute Gasteiger partial charge is 0.481 e. The van der Waals surface area contributed by atoms with Gasteiger partial charge in [0.05, 0.1) is 6.42 Å². The van der Waals surface area contributed by atoms with Crippen molar-refractivity contribution in [3.63, 3.8) is 0 Å². The van der Waals surface area contributed by atoms with Gasteiger partial charge in [-0.25, -0.2) is 4.79 Å². The predicted molar refractivity (Wildman–Crippen MR) is 79.2 cm³/mol. The van der Waals surface area contributed by atoms with E-state index < -0.39 is 11.5 Å². The van der Waals surface area contributed by atoms with Crippen LogP contribution in [0.1, 0.15) is 31.4 Å². The number of nitrogens with zero attached hydrogens (tertiary/aromatic N) is 1. The van der Waals surface area contributed by atoms with Gasteiger partial charge in [0.1, 0.15) is 0 Å². The Bertz CT molecular complexity index is 504. The zero-order valence-corrected chi connectivity index (χ0v) is 12.7. The maximum Gasteiger partial charge on any atom is 0.322 e. The van der Waals surface area contributed by atoms with Crippen LogP contribution in [0.25, 0.3) is 0 Å². The van der Waals surface area contributed by atoms with Gasteiger partial charge in [-0.2, -0.15) is 0 Å². The fraction of sp³-hybridized carbons (Fsp3) is 0.467. The molecule has 0 fully saturated rings. The first-order valence-electron chi connectivity index (χ1n) is 6.47. The minimum atomic E-state index is -0.940. The number of anilines is 1. The number of nitrogens with one attached hydrogen (secondary N) is 1. The minimum Gasteiger partial charge on any atom is -0.481 e. The van der Waals surface area contributed by atoms with Crippen LogP contribution < -0.4 is 10.2 Å². The third kappa shape index (κ3) is 4.57. The number of carbonyl (C=O) groups excluding carboxylic acids is 1. The molecule has 0 aliphatic carbocycles. The fourth-order valence-corrected chi connectivity index (χ4v) is 2.06. The number of rotatable bonds is 4. The van der Waals surface area contributed by atoms with E-state index in [1.54, 1.807) is 20.9 Å². The SMILES string of the molecule is Cc1cc(C)cc(N(C)C(=O)NC(C)(C)CC(=O)O)c1. The average Bonchev–Trinajstić information content (AvgIpc) is 2.23. The van der Waals surface area contributed by atoms with Gasteiger partial charge in [-0.15, -0.1) is 0 Å². The second-order valence-corrected chi connectivity index (χ2v) is 5.79. The summed E-state index contributed by atoms with van der Waals surface area (Å²) in [6.45, 7) is 7.32. The van der Waals surface area contributed by atoms with Crippen LogP contribution in [-0.4, -0.2) is 29.7 Å². The van der Waals surface area contributed by atoms with E-state index in [1.807, 2.05) is 32.0 Å². The highest BCUT2D eigenvalue weighted by Gasteiger charge is 2.25. The molecule has 0 aromatic heterocycles. The molecule has 0 saturated heterocycles. The normalized spacial score (nSPS) is 11.1. The number of benzene rings is 1. The van der Waals surface area contributed by atoms with Crippen molar-refractivity contribution in [1.82, 2.24) is 5.32 Å². The van der Waals surface area contributed by atoms with Crippen LogP contribution in [0.2, 0.25) is 0 Å². The van der Waals surface area contributed by atoms with Crippen molar-refractivity contribution in [3.8, 4) is 0 Å². The molecule has 0 unspecified atom stereocenters. The second-order valence-electron chi connectivity index (χ2n) is 5.79. The molecule has 2 N–H and O–H groups in total. The molecule has 0 saturated carbocycles. The first-order chi connectivity index (χ1) is 9.10. The molecule has 0 heterocycles. The van der Waals surface area contributed by atoms with E-state index in [4.69, 9.17) is 5.11 Å². The molecule has 5 nitrogen and oxygen atoms in total. The quantitative estimate of drug-likeness (QED) is 0.889. The number of aliphatic carboxylic acids is 1. The lowest BCUT2D eigenvalue weighted by Gasteiger charge is -2.28. The van der Waals surface area contributed by atoms with Crippen molar-refractivity contribution in [1.29, 1.82) is 0 Å². The molecule has 20 heavy (non-hydrogen) atoms. The Balaban J connectivity index is 2.84. The summed E-state index contributed by atoms with van der Waals surface area (Å²) in [7, 11) is 1.67. The lowest BCUT2D eigenvalue weighted by Crippen LogP contribution is -2.50. The standard InChI is InChI=1S/C15H22N2O3/c1-10-6-11(2)8-12(7-10)17(5)14(20)16-15(3,4)9-13(18)19/h6-8H,9H2,1-5H3,(H,16,20)(H,18,19). The molecule has 1 rings (SSSR count). The first-order valence-corrected chi connectivity index (χ1v) is 6.47. The van der Waals surface area contributed by atoms with Crippen LogP contribution in [-0.2, 0) is 4.79 Å². The zero-order valence-electron chi connectivity index (χ0n) is 12.7. The number of hydrogen-bond acceptors (Lipinski definition) is 2. The lowest BCUT2D eigenvalue weighted by atomic mass is 10.0.